The van der Waals surface area contributed by atoms with Crippen molar-refractivity contribution in [2.24, 2.45) is 0 Å². The molecule has 0 fully saturated rings. The highest BCUT2D eigenvalue weighted by atomic mass is 79.9. The maximum atomic E-state index is 13.3. The van der Waals surface area contributed by atoms with Gasteiger partial charge in [0.2, 0.25) is 0 Å². The number of halogens is 2. The number of para-hydroxylation sites is 1. The molecule has 0 unspecified atom stereocenters. The van der Waals surface area contributed by atoms with E-state index < -0.39 is 23.8 Å². The van der Waals surface area contributed by atoms with Crippen molar-refractivity contribution in [3.63, 3.8) is 0 Å². The van der Waals surface area contributed by atoms with Crippen LogP contribution in [-0.2, 0) is 9.53 Å². The Balaban J connectivity index is 2.09. The van der Waals surface area contributed by atoms with Crippen molar-refractivity contribution in [1.82, 2.24) is 0 Å². The summed E-state index contributed by atoms with van der Waals surface area (Å²) in [5, 5.41) is 2.55. The van der Waals surface area contributed by atoms with Gasteiger partial charge >= 0.3 is 5.97 Å². The summed E-state index contributed by atoms with van der Waals surface area (Å²) in [4.78, 5) is 35.9. The standard InChI is InChI=1S/C18H15BrFNO4/c1-10(22)13-5-3-4-6-16(13)21-17(23)11(2)25-18(24)14-9-12(20)7-8-15(14)19/h3-9,11H,1-2H3,(H,21,23)/t11-/m0/s1. The molecule has 0 saturated carbocycles. The first-order valence-electron chi connectivity index (χ1n) is 7.36. The first-order valence-corrected chi connectivity index (χ1v) is 8.15. The number of carbonyl (C=O) groups is 3. The van der Waals surface area contributed by atoms with Gasteiger partial charge in [-0.1, -0.05) is 12.1 Å². The zero-order valence-electron chi connectivity index (χ0n) is 13.5. The number of esters is 1. The number of carbonyl (C=O) groups excluding carboxylic acids is 3. The minimum atomic E-state index is -1.14. The number of hydrogen-bond donors (Lipinski definition) is 1. The second kappa shape index (κ2) is 8.02. The fraction of sp³-hybridized carbons (Fsp3) is 0.167. The van der Waals surface area contributed by atoms with Gasteiger partial charge in [0.1, 0.15) is 5.82 Å². The predicted molar refractivity (Wildman–Crippen MR) is 94.1 cm³/mol. The highest BCUT2D eigenvalue weighted by Gasteiger charge is 2.22. The molecule has 0 aliphatic carbocycles. The number of Topliss-reactive ketones (excluding diaryl/α,β-unsaturated/α-hetero) is 1. The van der Waals surface area contributed by atoms with Crippen LogP contribution in [0.2, 0.25) is 0 Å². The molecular formula is C18H15BrFNO4. The number of rotatable bonds is 5. The van der Waals surface area contributed by atoms with Crippen molar-refractivity contribution in [1.29, 1.82) is 0 Å². The molecule has 2 rings (SSSR count). The molecule has 0 bridgehead atoms. The van der Waals surface area contributed by atoms with Gasteiger partial charge in [-0.3, -0.25) is 9.59 Å². The number of anilines is 1. The molecule has 0 radical (unpaired) electrons. The lowest BCUT2D eigenvalue weighted by atomic mass is 10.1. The Labute approximate surface area is 152 Å². The third kappa shape index (κ3) is 4.73. The summed E-state index contributed by atoms with van der Waals surface area (Å²) in [5.41, 5.74) is 0.654. The maximum absolute atomic E-state index is 13.3. The number of amides is 1. The van der Waals surface area contributed by atoms with Gasteiger partial charge in [0.25, 0.3) is 5.91 Å². The van der Waals surface area contributed by atoms with Gasteiger partial charge < -0.3 is 10.1 Å². The Morgan fingerprint density at radius 1 is 1.12 bits per heavy atom. The Kier molecular flexibility index (Phi) is 6.03. The second-order valence-electron chi connectivity index (χ2n) is 5.26. The van der Waals surface area contributed by atoms with E-state index in [1.165, 1.54) is 26.0 Å². The van der Waals surface area contributed by atoms with E-state index in [9.17, 15) is 18.8 Å². The number of nitrogens with one attached hydrogen (secondary N) is 1. The minimum absolute atomic E-state index is 0.0243. The molecule has 130 valence electrons. The van der Waals surface area contributed by atoms with E-state index in [1.807, 2.05) is 0 Å². The van der Waals surface area contributed by atoms with Gasteiger partial charge in [-0.15, -0.1) is 0 Å². The van der Waals surface area contributed by atoms with Crippen molar-refractivity contribution >= 4 is 39.3 Å². The third-order valence-corrected chi connectivity index (χ3v) is 4.06. The van der Waals surface area contributed by atoms with Crippen LogP contribution in [0.4, 0.5) is 10.1 Å². The lowest BCUT2D eigenvalue weighted by molar-refractivity contribution is -0.123. The highest BCUT2D eigenvalue weighted by Crippen LogP contribution is 2.20. The van der Waals surface area contributed by atoms with Crippen LogP contribution in [0.15, 0.2) is 46.9 Å². The molecule has 0 aliphatic rings. The largest absolute Gasteiger partial charge is 0.449 e. The van der Waals surface area contributed by atoms with Crippen LogP contribution in [0.5, 0.6) is 0 Å². The highest BCUT2D eigenvalue weighted by molar-refractivity contribution is 9.10. The summed E-state index contributed by atoms with van der Waals surface area (Å²) < 4.78 is 18.7. The topological polar surface area (TPSA) is 72.5 Å². The number of ketones is 1. The van der Waals surface area contributed by atoms with Gasteiger partial charge in [-0.05, 0) is 60.1 Å². The van der Waals surface area contributed by atoms with E-state index in [2.05, 4.69) is 21.2 Å². The minimum Gasteiger partial charge on any atom is -0.449 e. The Bertz CT molecular complexity index is 838. The van der Waals surface area contributed by atoms with E-state index in [-0.39, 0.29) is 11.3 Å². The summed E-state index contributed by atoms with van der Waals surface area (Å²) in [6.07, 6.45) is -1.14. The Hall–Kier alpha value is -2.54. The van der Waals surface area contributed by atoms with Gasteiger partial charge in [-0.2, -0.15) is 0 Å². The van der Waals surface area contributed by atoms with E-state index in [0.717, 1.165) is 6.07 Å². The number of ether oxygens (including phenoxy) is 1. The lowest BCUT2D eigenvalue weighted by Gasteiger charge is -2.15. The van der Waals surface area contributed by atoms with E-state index in [4.69, 9.17) is 4.74 Å². The van der Waals surface area contributed by atoms with Gasteiger partial charge in [0, 0.05) is 10.0 Å². The molecule has 0 saturated heterocycles. The van der Waals surface area contributed by atoms with Crippen LogP contribution in [0.25, 0.3) is 0 Å². The zero-order chi connectivity index (χ0) is 18.6. The monoisotopic (exact) mass is 407 g/mol. The molecule has 0 aromatic heterocycles. The third-order valence-electron chi connectivity index (χ3n) is 3.37. The van der Waals surface area contributed by atoms with Crippen molar-refractivity contribution < 1.29 is 23.5 Å². The molecule has 2 aromatic carbocycles. The van der Waals surface area contributed by atoms with Crippen LogP contribution < -0.4 is 5.32 Å². The van der Waals surface area contributed by atoms with Crippen LogP contribution in [0.1, 0.15) is 34.6 Å². The first-order chi connectivity index (χ1) is 11.8. The summed E-state index contributed by atoms with van der Waals surface area (Å²) >= 11 is 3.13. The van der Waals surface area contributed by atoms with Crippen LogP contribution in [0.3, 0.4) is 0 Å². The van der Waals surface area contributed by atoms with Crippen LogP contribution in [0, 0.1) is 5.82 Å². The number of hydrogen-bond acceptors (Lipinski definition) is 4. The summed E-state index contributed by atoms with van der Waals surface area (Å²) in [6.45, 7) is 2.77. The van der Waals surface area contributed by atoms with Crippen molar-refractivity contribution in [2.75, 3.05) is 5.32 Å². The fourth-order valence-corrected chi connectivity index (χ4v) is 2.47. The van der Waals surface area contributed by atoms with Crippen LogP contribution >= 0.6 is 15.9 Å². The fourth-order valence-electron chi connectivity index (χ4n) is 2.06. The lowest BCUT2D eigenvalue weighted by Crippen LogP contribution is -2.30. The Morgan fingerprint density at radius 3 is 2.48 bits per heavy atom. The Morgan fingerprint density at radius 2 is 1.80 bits per heavy atom. The zero-order valence-corrected chi connectivity index (χ0v) is 15.1. The van der Waals surface area contributed by atoms with Gasteiger partial charge in [0.15, 0.2) is 11.9 Å². The van der Waals surface area contributed by atoms with E-state index in [1.54, 1.807) is 24.3 Å². The molecule has 0 aliphatic heterocycles. The average Bonchev–Trinajstić information content (AvgIpc) is 2.57. The molecule has 1 amide bonds. The normalized spacial score (nSPS) is 11.5. The molecule has 5 nitrogen and oxygen atoms in total. The first kappa shape index (κ1) is 18.8. The van der Waals surface area contributed by atoms with Crippen molar-refractivity contribution in [3.8, 4) is 0 Å². The summed E-state index contributed by atoms with van der Waals surface area (Å²) in [6, 6.07) is 10.1. The van der Waals surface area contributed by atoms with E-state index >= 15 is 0 Å². The maximum Gasteiger partial charge on any atom is 0.340 e. The molecule has 7 heteroatoms. The molecule has 0 spiro atoms. The summed E-state index contributed by atoms with van der Waals surface area (Å²) in [7, 11) is 0. The second-order valence-corrected chi connectivity index (χ2v) is 6.12. The predicted octanol–water partition coefficient (Wildman–Crippen LogP) is 3.97. The average molecular weight is 408 g/mol. The summed E-state index contributed by atoms with van der Waals surface area (Å²) in [5.74, 6) is -2.24. The van der Waals surface area contributed by atoms with Crippen LogP contribution in [-0.4, -0.2) is 23.8 Å². The quantitative estimate of drug-likeness (QED) is 0.600. The van der Waals surface area contributed by atoms with Crippen molar-refractivity contribution in [3.05, 3.63) is 63.9 Å². The van der Waals surface area contributed by atoms with Gasteiger partial charge in [-0.25, -0.2) is 9.18 Å². The molecular weight excluding hydrogens is 393 g/mol. The molecule has 1 N–H and O–H groups in total. The SMILES string of the molecule is CC(=O)c1ccccc1NC(=O)[C@H](C)OC(=O)c1cc(F)ccc1Br. The molecule has 1 atom stereocenters. The van der Waals surface area contributed by atoms with Gasteiger partial charge in [0.05, 0.1) is 11.3 Å². The molecule has 2 aromatic rings. The smallest absolute Gasteiger partial charge is 0.340 e. The van der Waals surface area contributed by atoms with Crippen molar-refractivity contribution in [2.45, 2.75) is 20.0 Å². The number of benzene rings is 2. The molecule has 0 heterocycles. The molecule has 25 heavy (non-hydrogen) atoms. The van der Waals surface area contributed by atoms with E-state index in [0.29, 0.717) is 15.7 Å².